The number of nitrogens with one attached hydrogen (secondary N) is 1. The minimum atomic E-state index is -0.766. The third kappa shape index (κ3) is 3.65. The van der Waals surface area contributed by atoms with E-state index in [-0.39, 0.29) is 5.75 Å². The van der Waals surface area contributed by atoms with Gasteiger partial charge in [-0.05, 0) is 24.2 Å². The van der Waals surface area contributed by atoms with Crippen LogP contribution in [-0.4, -0.2) is 11.5 Å². The van der Waals surface area contributed by atoms with Gasteiger partial charge in [-0.1, -0.05) is 18.5 Å². The van der Waals surface area contributed by atoms with Crippen LogP contribution in [0.15, 0.2) is 30.6 Å². The minimum absolute atomic E-state index is 0.176. The van der Waals surface area contributed by atoms with Gasteiger partial charge in [-0.15, -0.1) is 0 Å². The largest absolute Gasteiger partial charge is 0.449 e. The number of ether oxygens (including phenoxy) is 1. The first-order chi connectivity index (χ1) is 9.60. The lowest BCUT2D eigenvalue weighted by Crippen LogP contribution is -2.12. The molecule has 0 bridgehead atoms. The first kappa shape index (κ1) is 14.7. The second-order valence-electron chi connectivity index (χ2n) is 4.11. The number of nitrogens with zero attached hydrogens (tertiary/aromatic N) is 1. The molecule has 2 rings (SSSR count). The van der Waals surface area contributed by atoms with E-state index < -0.39 is 17.4 Å². The minimum Gasteiger partial charge on any atom is -0.449 e. The Morgan fingerprint density at radius 1 is 1.20 bits per heavy atom. The molecule has 2 aromatic rings. The molecule has 0 amide bonds. The van der Waals surface area contributed by atoms with Crippen molar-refractivity contribution in [3.63, 3.8) is 0 Å². The van der Waals surface area contributed by atoms with E-state index in [4.69, 9.17) is 16.3 Å². The van der Waals surface area contributed by atoms with Crippen molar-refractivity contribution in [2.75, 3.05) is 6.54 Å². The van der Waals surface area contributed by atoms with Gasteiger partial charge in [0.2, 0.25) is 0 Å². The molecule has 0 aliphatic carbocycles. The molecule has 0 unspecified atom stereocenters. The molecule has 0 spiro atoms. The normalized spacial score (nSPS) is 10.6. The van der Waals surface area contributed by atoms with Gasteiger partial charge in [0.1, 0.15) is 5.75 Å². The number of hydrogen-bond donors (Lipinski definition) is 1. The van der Waals surface area contributed by atoms with Crippen molar-refractivity contribution in [1.82, 2.24) is 10.3 Å². The molecule has 20 heavy (non-hydrogen) atoms. The van der Waals surface area contributed by atoms with Crippen molar-refractivity contribution in [3.8, 4) is 11.5 Å². The topological polar surface area (TPSA) is 34.1 Å². The first-order valence-electron chi connectivity index (χ1n) is 6.07. The molecule has 1 N–H and O–H groups in total. The van der Waals surface area contributed by atoms with E-state index in [1.165, 1.54) is 30.6 Å². The SMILES string of the molecule is CCNCc1cc(F)c(Oc2cncc(Cl)c2)c(F)c1. The Morgan fingerprint density at radius 3 is 2.50 bits per heavy atom. The molecule has 1 aromatic carbocycles. The van der Waals surface area contributed by atoms with Crippen LogP contribution in [0.3, 0.4) is 0 Å². The summed E-state index contributed by atoms with van der Waals surface area (Å²) in [6.07, 6.45) is 2.73. The number of pyridine rings is 1. The summed E-state index contributed by atoms with van der Waals surface area (Å²) in [6.45, 7) is 3.02. The highest BCUT2D eigenvalue weighted by molar-refractivity contribution is 6.30. The van der Waals surface area contributed by atoms with Crippen LogP contribution in [0.5, 0.6) is 11.5 Å². The second-order valence-corrected chi connectivity index (χ2v) is 4.55. The number of hydrogen-bond acceptors (Lipinski definition) is 3. The quantitative estimate of drug-likeness (QED) is 0.908. The third-order valence-electron chi connectivity index (χ3n) is 2.54. The summed E-state index contributed by atoms with van der Waals surface area (Å²) >= 11 is 5.73. The molecule has 6 heteroatoms. The van der Waals surface area contributed by atoms with Gasteiger partial charge in [0, 0.05) is 18.8 Å². The molecule has 0 atom stereocenters. The average Bonchev–Trinajstić information content (AvgIpc) is 2.40. The van der Waals surface area contributed by atoms with Crippen molar-refractivity contribution >= 4 is 11.6 Å². The van der Waals surface area contributed by atoms with E-state index >= 15 is 0 Å². The molecule has 0 aliphatic rings. The maximum atomic E-state index is 13.9. The maximum absolute atomic E-state index is 13.9. The van der Waals surface area contributed by atoms with E-state index in [2.05, 4.69) is 10.3 Å². The summed E-state index contributed by atoms with van der Waals surface area (Å²) in [5.74, 6) is -1.82. The summed E-state index contributed by atoms with van der Waals surface area (Å²) in [7, 11) is 0. The van der Waals surface area contributed by atoms with Gasteiger partial charge < -0.3 is 10.1 Å². The summed E-state index contributed by atoms with van der Waals surface area (Å²) in [5.41, 5.74) is 0.512. The summed E-state index contributed by atoms with van der Waals surface area (Å²) < 4.78 is 32.9. The Morgan fingerprint density at radius 2 is 1.90 bits per heavy atom. The highest BCUT2D eigenvalue weighted by Crippen LogP contribution is 2.29. The lowest BCUT2D eigenvalue weighted by atomic mass is 10.2. The zero-order valence-electron chi connectivity index (χ0n) is 10.8. The van der Waals surface area contributed by atoms with Crippen LogP contribution in [0.25, 0.3) is 0 Å². The zero-order valence-corrected chi connectivity index (χ0v) is 11.5. The van der Waals surface area contributed by atoms with Crippen molar-refractivity contribution in [2.45, 2.75) is 13.5 Å². The van der Waals surface area contributed by atoms with E-state index in [1.54, 1.807) is 0 Å². The van der Waals surface area contributed by atoms with Crippen molar-refractivity contribution in [1.29, 1.82) is 0 Å². The monoisotopic (exact) mass is 298 g/mol. The lowest BCUT2D eigenvalue weighted by Gasteiger charge is -2.10. The predicted molar refractivity (Wildman–Crippen MR) is 73.1 cm³/mol. The number of halogens is 3. The van der Waals surface area contributed by atoms with E-state index in [0.29, 0.717) is 17.1 Å². The van der Waals surface area contributed by atoms with Gasteiger partial charge in [0.05, 0.1) is 11.2 Å². The Bertz CT molecular complexity index is 584. The fraction of sp³-hybridized carbons (Fsp3) is 0.214. The number of rotatable bonds is 5. The Labute approximate surface area is 120 Å². The smallest absolute Gasteiger partial charge is 0.198 e. The van der Waals surface area contributed by atoms with Crippen molar-refractivity contribution in [3.05, 3.63) is 52.8 Å². The molecule has 106 valence electrons. The fourth-order valence-corrected chi connectivity index (χ4v) is 1.81. The van der Waals surface area contributed by atoms with Crippen LogP contribution in [0.2, 0.25) is 5.02 Å². The molecule has 3 nitrogen and oxygen atoms in total. The molecule has 1 aromatic heterocycles. The van der Waals surface area contributed by atoms with Crippen LogP contribution < -0.4 is 10.1 Å². The van der Waals surface area contributed by atoms with Gasteiger partial charge in [-0.25, -0.2) is 8.78 Å². The Hall–Kier alpha value is -1.72. The Kier molecular flexibility index (Phi) is 4.87. The average molecular weight is 299 g/mol. The zero-order chi connectivity index (χ0) is 14.5. The predicted octanol–water partition coefficient (Wildman–Crippen LogP) is 3.92. The van der Waals surface area contributed by atoms with Crippen molar-refractivity contribution < 1.29 is 13.5 Å². The first-order valence-corrected chi connectivity index (χ1v) is 6.45. The molecular formula is C14H13ClF2N2O. The molecule has 0 saturated carbocycles. The summed E-state index contributed by atoms with van der Waals surface area (Å²) in [6, 6.07) is 3.90. The molecule has 0 fully saturated rings. The standard InChI is InChI=1S/C14H13ClF2N2O/c1-2-18-6-9-3-12(16)14(13(17)4-9)20-11-5-10(15)7-19-8-11/h3-5,7-8,18H,2,6H2,1H3. The van der Waals surface area contributed by atoms with Gasteiger partial charge in [-0.3, -0.25) is 4.98 Å². The highest BCUT2D eigenvalue weighted by atomic mass is 35.5. The molecule has 1 heterocycles. The van der Waals surface area contributed by atoms with Crippen LogP contribution in [-0.2, 0) is 6.54 Å². The lowest BCUT2D eigenvalue weighted by molar-refractivity contribution is 0.405. The highest BCUT2D eigenvalue weighted by Gasteiger charge is 2.14. The second kappa shape index (κ2) is 6.63. The number of aromatic nitrogens is 1. The van der Waals surface area contributed by atoms with E-state index in [1.807, 2.05) is 6.92 Å². The van der Waals surface area contributed by atoms with Crippen molar-refractivity contribution in [2.24, 2.45) is 0 Å². The van der Waals surface area contributed by atoms with E-state index in [0.717, 1.165) is 6.54 Å². The fourth-order valence-electron chi connectivity index (χ4n) is 1.65. The van der Waals surface area contributed by atoms with Gasteiger partial charge >= 0.3 is 0 Å². The van der Waals surface area contributed by atoms with Gasteiger partial charge in [-0.2, -0.15) is 0 Å². The van der Waals surface area contributed by atoms with E-state index in [9.17, 15) is 8.78 Å². The molecule has 0 saturated heterocycles. The van der Waals surface area contributed by atoms with Crippen LogP contribution in [0, 0.1) is 11.6 Å². The van der Waals surface area contributed by atoms with Gasteiger partial charge in [0.15, 0.2) is 17.4 Å². The van der Waals surface area contributed by atoms with Crippen LogP contribution >= 0.6 is 11.6 Å². The summed E-state index contributed by atoms with van der Waals surface area (Å²) in [4.78, 5) is 3.79. The van der Waals surface area contributed by atoms with Gasteiger partial charge in [0.25, 0.3) is 0 Å². The summed E-state index contributed by atoms with van der Waals surface area (Å²) in [5, 5.41) is 3.32. The van der Waals surface area contributed by atoms with Crippen LogP contribution in [0.1, 0.15) is 12.5 Å². The maximum Gasteiger partial charge on any atom is 0.198 e. The number of benzene rings is 1. The molecule has 0 aliphatic heterocycles. The Balaban J connectivity index is 2.24. The molecular weight excluding hydrogens is 286 g/mol. The van der Waals surface area contributed by atoms with Crippen LogP contribution in [0.4, 0.5) is 8.78 Å². The molecule has 0 radical (unpaired) electrons. The third-order valence-corrected chi connectivity index (χ3v) is 2.74.